The van der Waals surface area contributed by atoms with Crippen molar-refractivity contribution in [2.24, 2.45) is 0 Å². The Hall–Kier alpha value is -0.900. The molecule has 0 fully saturated rings. The molecule has 0 bridgehead atoms. The molecule has 0 saturated heterocycles. The molecule has 0 saturated carbocycles. The highest BCUT2D eigenvalue weighted by Gasteiger charge is 1.99. The molecular formula is C8H8BrN3. The van der Waals surface area contributed by atoms with Crippen LogP contribution in [0.1, 0.15) is 12.5 Å². The fourth-order valence-corrected chi connectivity index (χ4v) is 1.46. The van der Waals surface area contributed by atoms with E-state index < -0.39 is 0 Å². The van der Waals surface area contributed by atoms with Crippen molar-refractivity contribution in [3.63, 3.8) is 0 Å². The van der Waals surface area contributed by atoms with Crippen molar-refractivity contribution < 1.29 is 0 Å². The van der Waals surface area contributed by atoms with E-state index in [1.54, 1.807) is 4.52 Å². The lowest BCUT2D eigenvalue weighted by atomic mass is 10.2. The Kier molecular flexibility index (Phi) is 1.84. The summed E-state index contributed by atoms with van der Waals surface area (Å²) in [7, 11) is 0. The van der Waals surface area contributed by atoms with Gasteiger partial charge in [-0.3, -0.25) is 0 Å². The van der Waals surface area contributed by atoms with Crippen molar-refractivity contribution in [3.05, 3.63) is 28.6 Å². The Morgan fingerprint density at radius 1 is 1.50 bits per heavy atom. The third-order valence-corrected chi connectivity index (χ3v) is 2.11. The smallest absolute Gasteiger partial charge is 0.218 e. The SMILES string of the molecule is CCc1ccc2nc(Br)nn2c1. The first-order valence-corrected chi connectivity index (χ1v) is 4.59. The maximum absolute atomic E-state index is 4.16. The first kappa shape index (κ1) is 7.73. The van der Waals surface area contributed by atoms with Gasteiger partial charge in [0.25, 0.3) is 0 Å². The molecule has 0 aliphatic heterocycles. The number of halogens is 1. The monoisotopic (exact) mass is 225 g/mol. The summed E-state index contributed by atoms with van der Waals surface area (Å²) in [6.45, 7) is 2.12. The molecule has 0 aliphatic carbocycles. The van der Waals surface area contributed by atoms with Crippen LogP contribution >= 0.6 is 15.9 Å². The van der Waals surface area contributed by atoms with Crippen molar-refractivity contribution in [2.45, 2.75) is 13.3 Å². The van der Waals surface area contributed by atoms with Crippen LogP contribution in [0.25, 0.3) is 5.65 Å². The quantitative estimate of drug-likeness (QED) is 0.744. The number of aromatic nitrogens is 3. The molecule has 0 radical (unpaired) electrons. The van der Waals surface area contributed by atoms with Crippen LogP contribution in [0.2, 0.25) is 0 Å². The van der Waals surface area contributed by atoms with Crippen LogP contribution in [0.4, 0.5) is 0 Å². The molecule has 0 atom stereocenters. The second-order valence-electron chi connectivity index (χ2n) is 2.57. The summed E-state index contributed by atoms with van der Waals surface area (Å²) in [6, 6.07) is 4.03. The highest BCUT2D eigenvalue weighted by atomic mass is 79.9. The maximum atomic E-state index is 4.16. The number of hydrogen-bond donors (Lipinski definition) is 0. The second kappa shape index (κ2) is 2.86. The van der Waals surface area contributed by atoms with E-state index in [1.807, 2.05) is 12.3 Å². The van der Waals surface area contributed by atoms with E-state index >= 15 is 0 Å². The van der Waals surface area contributed by atoms with Gasteiger partial charge in [0.15, 0.2) is 5.65 Å². The van der Waals surface area contributed by atoms with Crippen LogP contribution in [0.15, 0.2) is 23.1 Å². The Morgan fingerprint density at radius 2 is 2.33 bits per heavy atom. The fraction of sp³-hybridized carbons (Fsp3) is 0.250. The van der Waals surface area contributed by atoms with E-state index in [-0.39, 0.29) is 0 Å². The molecule has 2 aromatic heterocycles. The van der Waals surface area contributed by atoms with E-state index in [9.17, 15) is 0 Å². The molecule has 2 aromatic rings. The minimum absolute atomic E-state index is 0.635. The molecular weight excluding hydrogens is 218 g/mol. The van der Waals surface area contributed by atoms with Crippen LogP contribution in [0, 0.1) is 0 Å². The van der Waals surface area contributed by atoms with Gasteiger partial charge < -0.3 is 0 Å². The largest absolute Gasteiger partial charge is 0.220 e. The fourth-order valence-electron chi connectivity index (χ4n) is 1.11. The number of rotatable bonds is 1. The minimum Gasteiger partial charge on any atom is -0.220 e. The average molecular weight is 226 g/mol. The van der Waals surface area contributed by atoms with E-state index in [0.717, 1.165) is 12.1 Å². The Labute approximate surface area is 78.6 Å². The maximum Gasteiger partial charge on any atom is 0.218 e. The molecule has 4 heteroatoms. The first-order chi connectivity index (χ1) is 5.79. The van der Waals surface area contributed by atoms with E-state index in [4.69, 9.17) is 0 Å². The predicted octanol–water partition coefficient (Wildman–Crippen LogP) is 2.05. The molecule has 0 amide bonds. The van der Waals surface area contributed by atoms with Crippen molar-refractivity contribution in [2.75, 3.05) is 0 Å². The van der Waals surface area contributed by atoms with Crippen molar-refractivity contribution in [1.82, 2.24) is 14.6 Å². The second-order valence-corrected chi connectivity index (χ2v) is 3.28. The molecule has 0 unspecified atom stereocenters. The molecule has 0 aliphatic rings. The lowest BCUT2D eigenvalue weighted by molar-refractivity contribution is 0.924. The van der Waals surface area contributed by atoms with Gasteiger partial charge in [0.2, 0.25) is 4.73 Å². The van der Waals surface area contributed by atoms with Crippen LogP contribution in [0.5, 0.6) is 0 Å². The summed E-state index contributed by atoms with van der Waals surface area (Å²) in [4.78, 5) is 4.16. The van der Waals surface area contributed by atoms with Gasteiger partial charge in [0.1, 0.15) is 0 Å². The van der Waals surface area contributed by atoms with Gasteiger partial charge in [-0.1, -0.05) is 13.0 Å². The Balaban J connectivity index is 2.66. The summed E-state index contributed by atoms with van der Waals surface area (Å²) in [5.74, 6) is 0. The third kappa shape index (κ3) is 1.22. The number of pyridine rings is 1. The Morgan fingerprint density at radius 3 is 3.08 bits per heavy atom. The average Bonchev–Trinajstić information content (AvgIpc) is 2.43. The lowest BCUT2D eigenvalue weighted by Gasteiger charge is -1.95. The molecule has 0 aromatic carbocycles. The highest BCUT2D eigenvalue weighted by Crippen LogP contribution is 2.08. The van der Waals surface area contributed by atoms with Crippen molar-refractivity contribution in [3.8, 4) is 0 Å². The molecule has 0 spiro atoms. The molecule has 62 valence electrons. The zero-order chi connectivity index (χ0) is 8.55. The van der Waals surface area contributed by atoms with Crippen molar-refractivity contribution in [1.29, 1.82) is 0 Å². The van der Waals surface area contributed by atoms with Gasteiger partial charge in [0, 0.05) is 6.20 Å². The molecule has 2 rings (SSSR count). The van der Waals surface area contributed by atoms with Crippen molar-refractivity contribution >= 4 is 21.6 Å². The lowest BCUT2D eigenvalue weighted by Crippen LogP contribution is -1.89. The van der Waals surface area contributed by atoms with Crippen LogP contribution in [-0.2, 0) is 6.42 Å². The van der Waals surface area contributed by atoms with E-state index in [0.29, 0.717) is 4.73 Å². The predicted molar refractivity (Wildman–Crippen MR) is 50.1 cm³/mol. The van der Waals surface area contributed by atoms with Crippen LogP contribution in [0.3, 0.4) is 0 Å². The van der Waals surface area contributed by atoms with Gasteiger partial charge in [-0.05, 0) is 34.0 Å². The summed E-state index contributed by atoms with van der Waals surface area (Å²) in [6.07, 6.45) is 3.01. The van der Waals surface area contributed by atoms with E-state index in [2.05, 4.69) is 39.0 Å². The van der Waals surface area contributed by atoms with Gasteiger partial charge in [0.05, 0.1) is 0 Å². The summed E-state index contributed by atoms with van der Waals surface area (Å²) in [5.41, 5.74) is 2.14. The number of aryl methyl sites for hydroxylation is 1. The standard InChI is InChI=1S/C8H8BrN3/c1-2-6-3-4-7-10-8(9)11-12(7)5-6/h3-5H,2H2,1H3. The van der Waals surface area contributed by atoms with E-state index in [1.165, 1.54) is 5.56 Å². The molecule has 2 heterocycles. The number of fused-ring (bicyclic) bond motifs is 1. The molecule has 0 N–H and O–H groups in total. The van der Waals surface area contributed by atoms with Crippen LogP contribution < -0.4 is 0 Å². The van der Waals surface area contributed by atoms with Gasteiger partial charge in [-0.15, -0.1) is 5.10 Å². The van der Waals surface area contributed by atoms with Gasteiger partial charge in [-0.2, -0.15) is 0 Å². The molecule has 12 heavy (non-hydrogen) atoms. The first-order valence-electron chi connectivity index (χ1n) is 3.80. The zero-order valence-corrected chi connectivity index (χ0v) is 8.24. The van der Waals surface area contributed by atoms with Crippen LogP contribution in [-0.4, -0.2) is 14.6 Å². The minimum atomic E-state index is 0.635. The zero-order valence-electron chi connectivity index (χ0n) is 6.66. The molecule has 3 nitrogen and oxygen atoms in total. The summed E-state index contributed by atoms with van der Waals surface area (Å²) in [5, 5.41) is 4.14. The normalized spacial score (nSPS) is 10.8. The number of hydrogen-bond acceptors (Lipinski definition) is 2. The summed E-state index contributed by atoms with van der Waals surface area (Å²) >= 11 is 3.23. The van der Waals surface area contributed by atoms with Gasteiger partial charge in [-0.25, -0.2) is 9.50 Å². The Bertz CT molecular complexity index is 408. The topological polar surface area (TPSA) is 30.2 Å². The summed E-state index contributed by atoms with van der Waals surface area (Å²) < 4.78 is 2.42. The highest BCUT2D eigenvalue weighted by molar-refractivity contribution is 9.10. The van der Waals surface area contributed by atoms with Gasteiger partial charge >= 0.3 is 0 Å². The number of nitrogens with zero attached hydrogens (tertiary/aromatic N) is 3. The third-order valence-electron chi connectivity index (χ3n) is 1.77.